The Morgan fingerprint density at radius 1 is 0.683 bits per heavy atom. The summed E-state index contributed by atoms with van der Waals surface area (Å²) >= 11 is 5.47. The Labute approximate surface area is 353 Å². The molecule has 6 N–H and O–H groups in total. The van der Waals surface area contributed by atoms with Crippen LogP contribution in [0.4, 0.5) is 28.7 Å². The molecule has 0 spiro atoms. The molecule has 0 aliphatic rings. The number of hydrogen-bond acceptors (Lipinski definition) is 18. The number of pyridine rings is 4. The molecule has 0 amide bonds. The van der Waals surface area contributed by atoms with E-state index in [4.69, 9.17) is 42.0 Å². The van der Waals surface area contributed by atoms with Gasteiger partial charge in [0.25, 0.3) is 5.56 Å². The summed E-state index contributed by atoms with van der Waals surface area (Å²) in [5, 5.41) is 26.8. The van der Waals surface area contributed by atoms with Gasteiger partial charge in [0.15, 0.2) is 11.5 Å². The second-order valence-corrected chi connectivity index (χ2v) is 12.1. The number of anilines is 3. The minimum atomic E-state index is -0.602. The molecule has 5 aromatic rings. The number of methoxy groups -OCH3 is 4. The van der Waals surface area contributed by atoms with Crippen LogP contribution in [-0.2, 0) is 6.54 Å². The number of hydrogen-bond donors (Lipinski definition) is 4. The molecule has 328 valence electrons. The van der Waals surface area contributed by atoms with Gasteiger partial charge in [0.05, 0.1) is 50.2 Å². The first-order chi connectivity index (χ1) is 28.8. The molecule has 0 saturated carbocycles. The van der Waals surface area contributed by atoms with Crippen molar-refractivity contribution >= 4 is 51.5 Å². The fourth-order valence-corrected chi connectivity index (χ4v) is 4.47. The number of ether oxygens (including phenoxy) is 4. The van der Waals surface area contributed by atoms with E-state index in [1.165, 1.54) is 44.7 Å². The van der Waals surface area contributed by atoms with Gasteiger partial charge in [-0.3, -0.25) is 29.6 Å². The van der Waals surface area contributed by atoms with Gasteiger partial charge in [-0.1, -0.05) is 39.3 Å². The molecular weight excluding hydrogens is 804 g/mol. The van der Waals surface area contributed by atoms with Crippen LogP contribution < -0.4 is 46.6 Å². The second kappa shape index (κ2) is 28.7. The van der Waals surface area contributed by atoms with Gasteiger partial charge in [0.1, 0.15) is 5.52 Å². The zero-order chi connectivity index (χ0) is 45.0. The van der Waals surface area contributed by atoms with Crippen molar-refractivity contribution in [1.29, 1.82) is 0 Å². The molecule has 5 aromatic heterocycles. The summed E-state index contributed by atoms with van der Waals surface area (Å²) in [5.74, 6) is 2.63. The molecule has 0 bridgehead atoms. The lowest BCUT2D eigenvalue weighted by molar-refractivity contribution is -0.385. The highest BCUT2D eigenvalue weighted by Gasteiger charge is 2.16. The number of aryl methyl sites for hydroxylation is 1. The monoisotopic (exact) mass is 858 g/mol. The summed E-state index contributed by atoms with van der Waals surface area (Å²) in [6.45, 7) is 11.1. The predicted molar refractivity (Wildman–Crippen MR) is 233 cm³/mol. The van der Waals surface area contributed by atoms with Crippen LogP contribution in [0.3, 0.4) is 0 Å². The maximum Gasteiger partial charge on any atom is 0.311 e. The number of nitrogens with two attached hydrogens (primary N) is 2. The first kappa shape index (κ1) is 51.4. The van der Waals surface area contributed by atoms with Crippen molar-refractivity contribution in [1.82, 2.24) is 29.5 Å². The van der Waals surface area contributed by atoms with E-state index in [1.54, 1.807) is 43.1 Å². The average Bonchev–Trinajstić information content (AvgIpc) is 3.26. The number of nitrogens with one attached hydrogen (secondary N) is 2. The molecule has 0 aliphatic heterocycles. The number of fused-ring (bicyclic) bond motifs is 1. The fraction of sp³-hybridized carbons (Fsp3) is 0.421. The standard InChI is InChI=1S/C11H13N3O2.C9H13N3O3.C9H15N3O.C6H5ClN2O3.C3H9N/c1-3-6-14-10(15)7-12-8-4-5-9(16-2)13-11(8)14;1-3-6-10-9-7(12(13)14)4-5-8(11-9)15-2;1-3-6-11-9-7(10)4-5-8(12-9)13-2;1-12-5-3-2-4(9(10)11)6(7)8-5;1-2-3-4/h4-5,7H,3,6H2,1-2H3;4-5H,3,6H2,1-2H3,(H,10,11);4-5H,3,6,10H2,1-2H3,(H,11,12);2-3H,1H3;2-4H2,1H3. The van der Waals surface area contributed by atoms with Crippen LogP contribution in [0, 0.1) is 20.2 Å². The average molecular weight is 859 g/mol. The first-order valence-corrected chi connectivity index (χ1v) is 19.1. The van der Waals surface area contributed by atoms with Crippen LogP contribution >= 0.6 is 11.6 Å². The minimum absolute atomic E-state index is 0.0377. The molecule has 0 saturated heterocycles. The van der Waals surface area contributed by atoms with Gasteiger partial charge in [-0.25, -0.2) is 4.98 Å². The lowest BCUT2D eigenvalue weighted by Crippen LogP contribution is -2.21. The van der Waals surface area contributed by atoms with Crippen LogP contribution in [0.2, 0.25) is 5.15 Å². The van der Waals surface area contributed by atoms with Gasteiger partial charge in [-0.15, -0.1) is 0 Å². The molecule has 22 heteroatoms. The zero-order valence-electron chi connectivity index (χ0n) is 35.1. The summed E-state index contributed by atoms with van der Waals surface area (Å²) in [7, 11) is 6.01. The quantitative estimate of drug-likeness (QED) is 0.0494. The third-order valence-electron chi connectivity index (χ3n) is 7.27. The second-order valence-electron chi connectivity index (χ2n) is 11.8. The molecule has 21 nitrogen and oxygen atoms in total. The first-order valence-electron chi connectivity index (χ1n) is 18.7. The van der Waals surface area contributed by atoms with Crippen LogP contribution in [0.5, 0.6) is 23.5 Å². The van der Waals surface area contributed by atoms with Crippen LogP contribution in [0.15, 0.2) is 59.5 Å². The zero-order valence-corrected chi connectivity index (χ0v) is 35.9. The number of rotatable bonds is 15. The van der Waals surface area contributed by atoms with Crippen LogP contribution in [-0.4, -0.2) is 87.4 Å². The van der Waals surface area contributed by atoms with E-state index in [-0.39, 0.29) is 33.8 Å². The molecular formula is C38H55ClN12O9. The number of halogens is 1. The van der Waals surface area contributed by atoms with Crippen molar-refractivity contribution < 1.29 is 28.8 Å². The van der Waals surface area contributed by atoms with Gasteiger partial charge in [0, 0.05) is 56.0 Å². The number of nitrogen functional groups attached to an aromatic ring is 1. The molecule has 60 heavy (non-hydrogen) atoms. The van der Waals surface area contributed by atoms with E-state index in [1.807, 2.05) is 13.8 Å². The predicted octanol–water partition coefficient (Wildman–Crippen LogP) is 6.53. The van der Waals surface area contributed by atoms with Gasteiger partial charge in [-0.05, 0) is 44.4 Å². The highest BCUT2D eigenvalue weighted by molar-refractivity contribution is 6.31. The fourth-order valence-electron chi connectivity index (χ4n) is 4.25. The summed E-state index contributed by atoms with van der Waals surface area (Å²) < 4.78 is 21.2. The third-order valence-corrected chi connectivity index (χ3v) is 7.55. The minimum Gasteiger partial charge on any atom is -0.481 e. The highest BCUT2D eigenvalue weighted by atomic mass is 35.5. The SMILES string of the molecule is CCCN.CCCNc1nc(OC)ccc1N.CCCNc1nc(OC)ccc1[N+](=O)[O-].CCCn1c(=O)cnc2ccc(OC)nc21.COc1ccc([N+](=O)[O-])c(Cl)n1. The Morgan fingerprint density at radius 2 is 1.15 bits per heavy atom. The summed E-state index contributed by atoms with van der Waals surface area (Å²) in [5.41, 5.74) is 12.3. The van der Waals surface area contributed by atoms with E-state index in [2.05, 4.69) is 49.4 Å². The number of nitrogens with zero attached hydrogens (tertiary/aromatic N) is 8. The van der Waals surface area contributed by atoms with Gasteiger partial charge in [-0.2, -0.15) is 19.9 Å². The van der Waals surface area contributed by atoms with Crippen molar-refractivity contribution in [2.45, 2.75) is 59.9 Å². The van der Waals surface area contributed by atoms with E-state index < -0.39 is 9.85 Å². The van der Waals surface area contributed by atoms with E-state index in [0.717, 1.165) is 38.8 Å². The lowest BCUT2D eigenvalue weighted by atomic mass is 10.3. The molecule has 0 unspecified atom stereocenters. The Hall–Kier alpha value is -6.61. The van der Waals surface area contributed by atoms with Crippen molar-refractivity contribution in [2.24, 2.45) is 5.73 Å². The van der Waals surface area contributed by atoms with E-state index >= 15 is 0 Å². The smallest absolute Gasteiger partial charge is 0.311 e. The van der Waals surface area contributed by atoms with Gasteiger partial charge < -0.3 is 41.0 Å². The normalized spacial score (nSPS) is 9.77. The largest absolute Gasteiger partial charge is 0.481 e. The van der Waals surface area contributed by atoms with E-state index in [0.29, 0.717) is 53.4 Å². The lowest BCUT2D eigenvalue weighted by Gasteiger charge is -2.08. The summed E-state index contributed by atoms with van der Waals surface area (Å²) in [4.78, 5) is 51.6. The Morgan fingerprint density at radius 3 is 1.63 bits per heavy atom. The Bertz CT molecular complexity index is 2120. The Kier molecular flexibility index (Phi) is 24.6. The Balaban J connectivity index is 0.000000390. The van der Waals surface area contributed by atoms with Crippen molar-refractivity contribution in [2.75, 3.05) is 64.4 Å². The van der Waals surface area contributed by atoms with E-state index in [9.17, 15) is 25.0 Å². The summed E-state index contributed by atoms with van der Waals surface area (Å²) in [6.07, 6.45) is 5.21. The van der Waals surface area contributed by atoms with Gasteiger partial charge in [0.2, 0.25) is 34.5 Å². The molecule has 0 atom stereocenters. The molecule has 5 rings (SSSR count). The number of nitro groups is 2. The van der Waals surface area contributed by atoms with Gasteiger partial charge >= 0.3 is 11.4 Å². The maximum absolute atomic E-state index is 11.6. The highest BCUT2D eigenvalue weighted by Crippen LogP contribution is 2.25. The molecule has 0 aromatic carbocycles. The van der Waals surface area contributed by atoms with Crippen molar-refractivity contribution in [3.8, 4) is 23.5 Å². The van der Waals surface area contributed by atoms with Crippen molar-refractivity contribution in [3.05, 3.63) is 90.5 Å². The molecule has 0 radical (unpaired) electrons. The molecule has 0 aliphatic carbocycles. The topological polar surface area (TPSA) is 286 Å². The van der Waals surface area contributed by atoms with Crippen molar-refractivity contribution in [3.63, 3.8) is 0 Å². The third kappa shape index (κ3) is 17.5. The summed E-state index contributed by atoms with van der Waals surface area (Å²) in [6, 6.07) is 12.5. The number of aromatic nitrogens is 6. The molecule has 0 fully saturated rings. The van der Waals surface area contributed by atoms with Crippen LogP contribution in [0.25, 0.3) is 11.2 Å². The molecule has 5 heterocycles. The van der Waals surface area contributed by atoms with Crippen LogP contribution in [0.1, 0.15) is 53.4 Å². The maximum atomic E-state index is 11.6.